The summed E-state index contributed by atoms with van der Waals surface area (Å²) >= 11 is 14.1. The summed E-state index contributed by atoms with van der Waals surface area (Å²) < 4.78 is 17.9. The molecule has 0 aliphatic carbocycles. The number of nitrogens with one attached hydrogen (secondary N) is 1. The van der Waals surface area contributed by atoms with Crippen LogP contribution in [0.25, 0.3) is 0 Å². The van der Waals surface area contributed by atoms with Crippen molar-refractivity contribution < 1.29 is 9.18 Å². The summed E-state index contributed by atoms with van der Waals surface area (Å²) in [6.07, 6.45) is 3.70. The molecule has 0 bridgehead atoms. The summed E-state index contributed by atoms with van der Waals surface area (Å²) in [4.78, 5) is 30.2. The molecular formula is C27H33Cl2FN2O3S. The Bertz CT molecular complexity index is 1010. The van der Waals surface area contributed by atoms with Crippen LogP contribution in [0.1, 0.15) is 63.1 Å². The number of hydrogen-bond donors (Lipinski definition) is 1. The standard InChI is InChI=1S/C27H33Cl2FN2OS.O2/c1-5-12-27(4)16-24(19-13-21(29)15-22(30)14-19)25(18-8-10-20(28)11-9-18)32(26(27)33)23(6-2)17-31-34-7-3;1-2/h5,8-11,13-15,23-25,31H,1,6-7,12,16-17H2,2-4H3;/t23-,24+,25+,27-;/m0./s1. The Balaban J connectivity index is 0.00000222. The number of nitrogens with zero attached hydrogens (tertiary/aromatic N) is 1. The van der Waals surface area contributed by atoms with Gasteiger partial charge in [-0.2, -0.15) is 0 Å². The number of amides is 1. The summed E-state index contributed by atoms with van der Waals surface area (Å²) in [7, 11) is 0. The van der Waals surface area contributed by atoms with Gasteiger partial charge in [0.1, 0.15) is 5.82 Å². The van der Waals surface area contributed by atoms with Gasteiger partial charge in [0.15, 0.2) is 0 Å². The van der Waals surface area contributed by atoms with Crippen LogP contribution in [-0.2, 0) is 4.79 Å². The lowest BCUT2D eigenvalue weighted by Crippen LogP contribution is -2.57. The number of allylic oxidation sites excluding steroid dienone is 1. The molecule has 1 aliphatic heterocycles. The van der Waals surface area contributed by atoms with Crippen molar-refractivity contribution in [1.29, 1.82) is 0 Å². The predicted octanol–water partition coefficient (Wildman–Crippen LogP) is 7.88. The summed E-state index contributed by atoms with van der Waals surface area (Å²) in [6.45, 7) is 10.8. The molecule has 5 nitrogen and oxygen atoms in total. The van der Waals surface area contributed by atoms with Gasteiger partial charge in [0.05, 0.1) is 11.5 Å². The van der Waals surface area contributed by atoms with Gasteiger partial charge in [-0.05, 0) is 60.7 Å². The van der Waals surface area contributed by atoms with Gasteiger partial charge < -0.3 is 4.90 Å². The Labute approximate surface area is 227 Å². The van der Waals surface area contributed by atoms with Gasteiger partial charge in [-0.25, -0.2) is 4.39 Å². The fourth-order valence-corrected chi connectivity index (χ4v) is 5.91. The second-order valence-corrected chi connectivity index (χ2v) is 11.1. The van der Waals surface area contributed by atoms with Crippen molar-refractivity contribution in [2.24, 2.45) is 5.41 Å². The highest BCUT2D eigenvalue weighted by atomic mass is 35.5. The van der Waals surface area contributed by atoms with Crippen molar-refractivity contribution in [3.05, 3.63) is 92.0 Å². The van der Waals surface area contributed by atoms with E-state index < -0.39 is 5.41 Å². The lowest BCUT2D eigenvalue weighted by Gasteiger charge is -2.52. The maximum absolute atomic E-state index is 14.5. The summed E-state index contributed by atoms with van der Waals surface area (Å²) in [5.41, 5.74) is 1.12. The normalized spacial score (nSPS) is 22.5. The highest BCUT2D eigenvalue weighted by molar-refractivity contribution is 7.97. The van der Waals surface area contributed by atoms with Crippen LogP contribution in [0, 0.1) is 21.2 Å². The fraction of sp³-hybridized carbons (Fsp3) is 0.444. The van der Waals surface area contributed by atoms with Crippen LogP contribution in [0.4, 0.5) is 4.39 Å². The number of halogens is 3. The van der Waals surface area contributed by atoms with Crippen molar-refractivity contribution in [3.8, 4) is 0 Å². The zero-order valence-corrected chi connectivity index (χ0v) is 23.1. The molecule has 1 amide bonds. The van der Waals surface area contributed by atoms with E-state index in [0.717, 1.165) is 23.3 Å². The molecule has 0 spiro atoms. The number of rotatable bonds is 10. The van der Waals surface area contributed by atoms with Crippen LogP contribution >= 0.6 is 35.1 Å². The average molecular weight is 556 g/mol. The molecule has 3 rings (SSSR count). The second-order valence-electron chi connectivity index (χ2n) is 9.12. The zero-order valence-electron chi connectivity index (χ0n) is 20.8. The van der Waals surface area contributed by atoms with E-state index in [9.17, 15) is 9.18 Å². The third-order valence-corrected chi connectivity index (χ3v) is 7.78. The Morgan fingerprint density at radius 3 is 2.39 bits per heavy atom. The number of carbonyl (C=O) groups excluding carboxylic acids is 1. The molecule has 9 heteroatoms. The maximum atomic E-state index is 14.5. The molecule has 0 aromatic heterocycles. The molecule has 4 atom stereocenters. The van der Waals surface area contributed by atoms with E-state index in [4.69, 9.17) is 33.1 Å². The van der Waals surface area contributed by atoms with E-state index in [1.165, 1.54) is 6.07 Å². The monoisotopic (exact) mass is 554 g/mol. The Kier molecular flexibility index (Phi) is 11.9. The highest BCUT2D eigenvalue weighted by Crippen LogP contribution is 2.52. The third-order valence-electron chi connectivity index (χ3n) is 6.65. The number of hydrogen-bond acceptors (Lipinski definition) is 5. The lowest BCUT2D eigenvalue weighted by atomic mass is 9.67. The Hall–Kier alpha value is -1.93. The van der Waals surface area contributed by atoms with E-state index in [-0.39, 0.29) is 29.7 Å². The van der Waals surface area contributed by atoms with Gasteiger partial charge in [0.2, 0.25) is 5.91 Å². The molecule has 1 N–H and O–H groups in total. The van der Waals surface area contributed by atoms with Crippen molar-refractivity contribution >= 4 is 41.1 Å². The fourth-order valence-electron chi connectivity index (χ4n) is 5.04. The highest BCUT2D eigenvalue weighted by Gasteiger charge is 2.50. The van der Waals surface area contributed by atoms with Crippen LogP contribution in [-0.4, -0.2) is 29.1 Å². The van der Waals surface area contributed by atoms with E-state index in [1.807, 2.05) is 42.2 Å². The molecule has 0 saturated carbocycles. The molecule has 1 saturated heterocycles. The molecule has 0 radical (unpaired) electrons. The lowest BCUT2D eigenvalue weighted by molar-refractivity contribution is -0.154. The summed E-state index contributed by atoms with van der Waals surface area (Å²) in [6, 6.07) is 12.0. The van der Waals surface area contributed by atoms with Gasteiger partial charge >= 0.3 is 0 Å². The predicted molar refractivity (Wildman–Crippen MR) is 150 cm³/mol. The van der Waals surface area contributed by atoms with Crippen molar-refractivity contribution in [1.82, 2.24) is 9.62 Å². The first-order chi connectivity index (χ1) is 17.2. The molecule has 1 heterocycles. The largest absolute Gasteiger partial charge is 0.330 e. The van der Waals surface area contributed by atoms with Crippen molar-refractivity contribution in [2.75, 3.05) is 12.3 Å². The quantitative estimate of drug-likeness (QED) is 0.184. The topological polar surface area (TPSA) is 66.5 Å². The second kappa shape index (κ2) is 14.1. The maximum Gasteiger partial charge on any atom is 0.229 e. The average Bonchev–Trinajstić information content (AvgIpc) is 2.85. The van der Waals surface area contributed by atoms with Gasteiger partial charge in [-0.3, -0.25) is 9.52 Å². The van der Waals surface area contributed by atoms with Crippen LogP contribution < -0.4 is 4.72 Å². The van der Waals surface area contributed by atoms with Gasteiger partial charge in [0.25, 0.3) is 0 Å². The molecule has 1 aliphatic rings. The van der Waals surface area contributed by atoms with Gasteiger partial charge in [-0.15, -0.1) is 6.58 Å². The van der Waals surface area contributed by atoms with E-state index in [1.54, 1.807) is 24.1 Å². The first kappa shape index (κ1) is 30.3. The molecular weight excluding hydrogens is 522 g/mol. The zero-order chi connectivity index (χ0) is 26.9. The smallest absolute Gasteiger partial charge is 0.229 e. The number of benzene rings is 2. The van der Waals surface area contributed by atoms with Crippen LogP contribution in [0.15, 0.2) is 55.1 Å². The van der Waals surface area contributed by atoms with E-state index >= 15 is 0 Å². The minimum absolute atomic E-state index is 0.0387. The SMILES string of the molecule is C=CC[C@@]1(C)C[C@H](c2cc(F)cc(Cl)c2)[C@@H](c2ccc(Cl)cc2)N([C@@H](CC)CNSCC)C1=O.O=O. The molecule has 2 aromatic carbocycles. The van der Waals surface area contributed by atoms with E-state index in [2.05, 4.69) is 25.1 Å². The van der Waals surface area contributed by atoms with Crippen molar-refractivity contribution in [2.45, 2.75) is 58.0 Å². The third kappa shape index (κ3) is 7.09. The molecule has 2 aromatic rings. The van der Waals surface area contributed by atoms with Crippen molar-refractivity contribution in [3.63, 3.8) is 0 Å². The summed E-state index contributed by atoms with van der Waals surface area (Å²) in [5, 5.41) is 0.985. The van der Waals surface area contributed by atoms with Crippen LogP contribution in [0.2, 0.25) is 10.0 Å². The summed E-state index contributed by atoms with van der Waals surface area (Å²) in [5.74, 6) is 0.509. The first-order valence-electron chi connectivity index (χ1n) is 11.9. The van der Waals surface area contributed by atoms with Crippen LogP contribution in [0.3, 0.4) is 0 Å². The number of piperidine rings is 1. The van der Waals surface area contributed by atoms with Gasteiger partial charge in [0, 0.05) is 44.2 Å². The number of likely N-dealkylation sites (tertiary alicyclic amines) is 1. The molecule has 36 heavy (non-hydrogen) atoms. The minimum Gasteiger partial charge on any atom is -0.330 e. The minimum atomic E-state index is -0.653. The van der Waals surface area contributed by atoms with Gasteiger partial charge in [-0.1, -0.05) is 74.1 Å². The molecule has 1 fully saturated rings. The Morgan fingerprint density at radius 2 is 1.83 bits per heavy atom. The van der Waals surface area contributed by atoms with Crippen LogP contribution in [0.5, 0.6) is 0 Å². The molecule has 196 valence electrons. The Morgan fingerprint density at radius 1 is 1.17 bits per heavy atom. The molecule has 0 unspecified atom stereocenters. The number of carbonyl (C=O) groups is 1. The first-order valence-corrected chi connectivity index (χ1v) is 13.6. The van der Waals surface area contributed by atoms with E-state index in [0.29, 0.717) is 29.4 Å².